The number of likely N-dealkylation sites (tertiary alicyclic amines) is 1. The molecular formula is C22H42N2O3. The van der Waals surface area contributed by atoms with Crippen LogP contribution in [0.5, 0.6) is 0 Å². The van der Waals surface area contributed by atoms with Crippen LogP contribution in [0.1, 0.15) is 110 Å². The number of unbranched alkanes of at least 4 members (excludes halogenated alkanes) is 12. The third kappa shape index (κ3) is 12.1. The monoisotopic (exact) mass is 382 g/mol. The molecule has 1 heterocycles. The summed E-state index contributed by atoms with van der Waals surface area (Å²) in [4.78, 5) is 24.9. The first-order valence-corrected chi connectivity index (χ1v) is 11.4. The molecule has 1 rings (SSSR count). The van der Waals surface area contributed by atoms with E-state index in [2.05, 4.69) is 12.2 Å². The number of aliphatic carboxylic acids is 1. The van der Waals surface area contributed by atoms with Gasteiger partial charge in [-0.05, 0) is 19.3 Å². The molecule has 1 unspecified atom stereocenters. The Morgan fingerprint density at radius 2 is 1.41 bits per heavy atom. The summed E-state index contributed by atoms with van der Waals surface area (Å²) in [6, 6.07) is 0. The molecule has 0 spiro atoms. The number of carbonyl (C=O) groups is 2. The Morgan fingerprint density at radius 1 is 0.889 bits per heavy atom. The van der Waals surface area contributed by atoms with Crippen LogP contribution in [0.3, 0.4) is 0 Å². The molecule has 0 aromatic heterocycles. The van der Waals surface area contributed by atoms with Crippen molar-refractivity contribution in [3.05, 3.63) is 0 Å². The summed E-state index contributed by atoms with van der Waals surface area (Å²) in [6.07, 6.45) is 19.3. The molecule has 0 saturated carbocycles. The topological polar surface area (TPSA) is 69.6 Å². The fourth-order valence-electron chi connectivity index (χ4n) is 3.92. The summed E-state index contributed by atoms with van der Waals surface area (Å²) in [5.74, 6) is -0.691. The van der Waals surface area contributed by atoms with E-state index in [9.17, 15) is 9.59 Å². The fourth-order valence-corrected chi connectivity index (χ4v) is 3.92. The SMILES string of the molecule is CCCCCCCCCCCCCCCC(=O)N1CCCC1NCC(=O)O. The second-order valence-corrected chi connectivity index (χ2v) is 8.01. The van der Waals surface area contributed by atoms with Crippen LogP contribution in [-0.4, -0.2) is 41.1 Å². The zero-order chi connectivity index (χ0) is 19.7. The predicted octanol–water partition coefficient (Wildman–Crippen LogP) is 5.09. The Morgan fingerprint density at radius 3 is 1.93 bits per heavy atom. The van der Waals surface area contributed by atoms with E-state index in [1.807, 2.05) is 4.90 Å². The maximum Gasteiger partial charge on any atom is 0.317 e. The molecule has 1 saturated heterocycles. The summed E-state index contributed by atoms with van der Waals surface area (Å²) < 4.78 is 0. The van der Waals surface area contributed by atoms with Crippen LogP contribution in [0, 0.1) is 0 Å². The number of amides is 1. The first-order valence-electron chi connectivity index (χ1n) is 11.4. The van der Waals surface area contributed by atoms with Gasteiger partial charge in [-0.15, -0.1) is 0 Å². The highest BCUT2D eigenvalue weighted by molar-refractivity contribution is 5.77. The van der Waals surface area contributed by atoms with Crippen LogP contribution >= 0.6 is 0 Å². The van der Waals surface area contributed by atoms with Gasteiger partial charge in [0.25, 0.3) is 0 Å². The van der Waals surface area contributed by atoms with E-state index in [1.54, 1.807) is 0 Å². The molecule has 1 atom stereocenters. The molecule has 0 bridgehead atoms. The van der Waals surface area contributed by atoms with E-state index in [0.717, 1.165) is 32.2 Å². The van der Waals surface area contributed by atoms with Crippen LogP contribution in [0.2, 0.25) is 0 Å². The second kappa shape index (κ2) is 15.9. The molecule has 1 fully saturated rings. The Bertz CT molecular complexity index is 401. The first-order chi connectivity index (χ1) is 13.1. The van der Waals surface area contributed by atoms with Gasteiger partial charge >= 0.3 is 5.97 Å². The van der Waals surface area contributed by atoms with E-state index in [4.69, 9.17) is 5.11 Å². The molecule has 27 heavy (non-hydrogen) atoms. The molecule has 1 aliphatic rings. The highest BCUT2D eigenvalue weighted by Crippen LogP contribution is 2.18. The van der Waals surface area contributed by atoms with Crippen molar-refractivity contribution in [3.63, 3.8) is 0 Å². The van der Waals surface area contributed by atoms with Gasteiger partial charge in [0.05, 0.1) is 12.7 Å². The number of carbonyl (C=O) groups excluding carboxylic acids is 1. The maximum absolute atomic E-state index is 12.3. The van der Waals surface area contributed by atoms with Crippen molar-refractivity contribution < 1.29 is 14.7 Å². The number of carboxylic acids is 1. The Balaban J connectivity index is 1.92. The molecule has 5 heteroatoms. The molecular weight excluding hydrogens is 340 g/mol. The Hall–Kier alpha value is -1.10. The molecule has 1 aliphatic heterocycles. The molecule has 2 N–H and O–H groups in total. The van der Waals surface area contributed by atoms with Crippen molar-refractivity contribution in [1.29, 1.82) is 0 Å². The number of hydrogen-bond acceptors (Lipinski definition) is 3. The van der Waals surface area contributed by atoms with Gasteiger partial charge in [0.2, 0.25) is 5.91 Å². The first kappa shape index (κ1) is 23.9. The maximum atomic E-state index is 12.3. The van der Waals surface area contributed by atoms with Crippen LogP contribution in [0.15, 0.2) is 0 Å². The van der Waals surface area contributed by atoms with Gasteiger partial charge in [0, 0.05) is 13.0 Å². The average Bonchev–Trinajstić information content (AvgIpc) is 3.12. The summed E-state index contributed by atoms with van der Waals surface area (Å²) in [7, 11) is 0. The summed E-state index contributed by atoms with van der Waals surface area (Å²) in [5.41, 5.74) is 0. The van der Waals surface area contributed by atoms with E-state index in [1.165, 1.54) is 70.6 Å². The predicted molar refractivity (Wildman–Crippen MR) is 111 cm³/mol. The third-order valence-electron chi connectivity index (χ3n) is 5.56. The number of nitrogens with zero attached hydrogens (tertiary/aromatic N) is 1. The molecule has 0 aromatic rings. The largest absolute Gasteiger partial charge is 0.480 e. The lowest BCUT2D eigenvalue weighted by Crippen LogP contribution is -2.46. The minimum Gasteiger partial charge on any atom is -0.480 e. The zero-order valence-electron chi connectivity index (χ0n) is 17.5. The number of hydrogen-bond donors (Lipinski definition) is 2. The van der Waals surface area contributed by atoms with E-state index >= 15 is 0 Å². The van der Waals surface area contributed by atoms with Crippen LogP contribution in [0.25, 0.3) is 0 Å². The van der Waals surface area contributed by atoms with E-state index in [-0.39, 0.29) is 18.6 Å². The quantitative estimate of drug-likeness (QED) is 0.344. The number of nitrogens with one attached hydrogen (secondary N) is 1. The lowest BCUT2D eigenvalue weighted by Gasteiger charge is -2.25. The summed E-state index contributed by atoms with van der Waals surface area (Å²) >= 11 is 0. The van der Waals surface area contributed by atoms with Crippen LogP contribution < -0.4 is 5.32 Å². The fraction of sp³-hybridized carbons (Fsp3) is 0.909. The van der Waals surface area contributed by atoms with Gasteiger partial charge in [0.1, 0.15) is 0 Å². The smallest absolute Gasteiger partial charge is 0.317 e. The summed E-state index contributed by atoms with van der Waals surface area (Å²) in [6.45, 7) is 2.94. The van der Waals surface area contributed by atoms with Crippen molar-refractivity contribution >= 4 is 11.9 Å². The molecule has 0 radical (unpaired) electrons. The van der Waals surface area contributed by atoms with E-state index < -0.39 is 5.97 Å². The Labute approximate surface area is 166 Å². The third-order valence-corrected chi connectivity index (χ3v) is 5.56. The highest BCUT2D eigenvalue weighted by atomic mass is 16.4. The molecule has 0 aromatic carbocycles. The highest BCUT2D eigenvalue weighted by Gasteiger charge is 2.28. The van der Waals surface area contributed by atoms with Gasteiger partial charge in [-0.1, -0.05) is 84.0 Å². The van der Waals surface area contributed by atoms with Crippen molar-refractivity contribution in [2.24, 2.45) is 0 Å². The number of rotatable bonds is 17. The van der Waals surface area contributed by atoms with Gasteiger partial charge in [-0.25, -0.2) is 0 Å². The lowest BCUT2D eigenvalue weighted by molar-refractivity contribution is -0.138. The van der Waals surface area contributed by atoms with Crippen molar-refractivity contribution in [3.8, 4) is 0 Å². The average molecular weight is 383 g/mol. The zero-order valence-corrected chi connectivity index (χ0v) is 17.5. The Kier molecular flexibility index (Phi) is 14.1. The van der Waals surface area contributed by atoms with E-state index in [0.29, 0.717) is 6.42 Å². The van der Waals surface area contributed by atoms with Crippen LogP contribution in [0.4, 0.5) is 0 Å². The normalized spacial score (nSPS) is 16.8. The number of carboxylic acid groups (broad SMARTS) is 1. The van der Waals surface area contributed by atoms with Gasteiger partial charge in [-0.2, -0.15) is 0 Å². The standard InChI is InChI=1S/C22H42N2O3/c1-2-3-4-5-6-7-8-9-10-11-12-13-14-17-21(25)24-18-15-16-20(24)23-19-22(26)27/h20,23H,2-19H2,1H3,(H,26,27). The van der Waals surface area contributed by atoms with Crippen LogP contribution in [-0.2, 0) is 9.59 Å². The van der Waals surface area contributed by atoms with Gasteiger partial charge < -0.3 is 10.0 Å². The van der Waals surface area contributed by atoms with Crippen molar-refractivity contribution in [1.82, 2.24) is 10.2 Å². The molecule has 1 amide bonds. The summed E-state index contributed by atoms with van der Waals surface area (Å²) in [5, 5.41) is 11.7. The second-order valence-electron chi connectivity index (χ2n) is 8.01. The molecule has 0 aliphatic carbocycles. The van der Waals surface area contributed by atoms with Gasteiger partial charge in [0.15, 0.2) is 0 Å². The minimum absolute atomic E-state index is 0.0762. The van der Waals surface area contributed by atoms with Crippen molar-refractivity contribution in [2.45, 2.75) is 116 Å². The minimum atomic E-state index is -0.870. The molecule has 158 valence electrons. The molecule has 5 nitrogen and oxygen atoms in total. The van der Waals surface area contributed by atoms with Crippen molar-refractivity contribution in [2.75, 3.05) is 13.1 Å². The van der Waals surface area contributed by atoms with Gasteiger partial charge in [-0.3, -0.25) is 14.9 Å². The lowest BCUT2D eigenvalue weighted by atomic mass is 10.0.